The summed E-state index contributed by atoms with van der Waals surface area (Å²) < 4.78 is 26.5. The normalized spacial score (nSPS) is 11.3. The molecular formula is C11H12ClN5O2S. The lowest BCUT2D eigenvalue weighted by atomic mass is 10.2. The molecule has 0 bridgehead atoms. The number of benzene rings is 1. The first kappa shape index (κ1) is 14.6. The highest BCUT2D eigenvalue weighted by molar-refractivity contribution is 7.92. The van der Waals surface area contributed by atoms with Crippen LogP contribution in [0.2, 0.25) is 5.02 Å². The zero-order valence-corrected chi connectivity index (χ0v) is 12.1. The molecule has 0 aliphatic rings. The second-order valence-corrected chi connectivity index (χ2v) is 5.94. The van der Waals surface area contributed by atoms with Crippen molar-refractivity contribution in [2.45, 2.75) is 11.4 Å². The van der Waals surface area contributed by atoms with Crippen molar-refractivity contribution >= 4 is 27.6 Å². The Morgan fingerprint density at radius 2 is 2.10 bits per heavy atom. The van der Waals surface area contributed by atoms with E-state index in [1.807, 2.05) is 0 Å². The molecule has 0 aliphatic heterocycles. The SMILES string of the molecule is CNCc1ccc(S(=O)(=O)Nc2nccnn2)cc1Cl. The zero-order valence-electron chi connectivity index (χ0n) is 10.5. The van der Waals surface area contributed by atoms with Gasteiger partial charge in [0.1, 0.15) is 0 Å². The van der Waals surface area contributed by atoms with Crippen molar-refractivity contribution in [3.8, 4) is 0 Å². The maximum Gasteiger partial charge on any atom is 0.264 e. The fourth-order valence-electron chi connectivity index (χ4n) is 1.50. The largest absolute Gasteiger partial charge is 0.316 e. The van der Waals surface area contributed by atoms with E-state index in [2.05, 4.69) is 25.2 Å². The van der Waals surface area contributed by atoms with Crippen LogP contribution in [-0.4, -0.2) is 30.6 Å². The molecule has 1 aromatic heterocycles. The van der Waals surface area contributed by atoms with Crippen LogP contribution in [0.15, 0.2) is 35.5 Å². The van der Waals surface area contributed by atoms with Gasteiger partial charge in [-0.3, -0.25) is 0 Å². The minimum atomic E-state index is -3.79. The number of hydrogen-bond donors (Lipinski definition) is 2. The Morgan fingerprint density at radius 1 is 1.30 bits per heavy atom. The van der Waals surface area contributed by atoms with Gasteiger partial charge in [-0.25, -0.2) is 18.1 Å². The first-order chi connectivity index (χ1) is 9.53. The third-order valence-corrected chi connectivity index (χ3v) is 4.09. The Labute approximate surface area is 121 Å². The topological polar surface area (TPSA) is 96.9 Å². The molecule has 106 valence electrons. The van der Waals surface area contributed by atoms with Gasteiger partial charge in [-0.05, 0) is 24.7 Å². The molecule has 2 aromatic rings. The van der Waals surface area contributed by atoms with Crippen molar-refractivity contribution in [3.63, 3.8) is 0 Å². The van der Waals surface area contributed by atoms with Gasteiger partial charge in [-0.2, -0.15) is 5.10 Å². The lowest BCUT2D eigenvalue weighted by molar-refractivity contribution is 0.600. The van der Waals surface area contributed by atoms with Crippen molar-refractivity contribution in [1.82, 2.24) is 20.5 Å². The number of halogens is 1. The van der Waals surface area contributed by atoms with E-state index in [0.717, 1.165) is 5.56 Å². The number of rotatable bonds is 5. The molecule has 1 aromatic carbocycles. The molecule has 0 spiro atoms. The van der Waals surface area contributed by atoms with Crippen molar-refractivity contribution in [2.24, 2.45) is 0 Å². The highest BCUT2D eigenvalue weighted by Gasteiger charge is 2.17. The summed E-state index contributed by atoms with van der Waals surface area (Å²) >= 11 is 6.04. The highest BCUT2D eigenvalue weighted by Crippen LogP contribution is 2.21. The van der Waals surface area contributed by atoms with Crippen LogP contribution in [0.5, 0.6) is 0 Å². The number of nitrogens with zero attached hydrogens (tertiary/aromatic N) is 3. The van der Waals surface area contributed by atoms with Crippen LogP contribution in [0.1, 0.15) is 5.56 Å². The zero-order chi connectivity index (χ0) is 14.6. The number of hydrogen-bond acceptors (Lipinski definition) is 6. The summed E-state index contributed by atoms with van der Waals surface area (Å²) in [6.07, 6.45) is 2.69. The van der Waals surface area contributed by atoms with E-state index in [1.165, 1.54) is 24.5 Å². The van der Waals surface area contributed by atoms with Gasteiger partial charge >= 0.3 is 0 Å². The molecule has 0 unspecified atom stereocenters. The van der Waals surface area contributed by atoms with Crippen LogP contribution in [-0.2, 0) is 16.6 Å². The predicted molar refractivity (Wildman–Crippen MR) is 74.9 cm³/mol. The summed E-state index contributed by atoms with van der Waals surface area (Å²) in [6, 6.07) is 4.50. The fraction of sp³-hybridized carbons (Fsp3) is 0.182. The number of sulfonamides is 1. The van der Waals surface area contributed by atoms with Gasteiger partial charge in [0, 0.05) is 11.6 Å². The maximum absolute atomic E-state index is 12.1. The molecule has 0 saturated heterocycles. The lowest BCUT2D eigenvalue weighted by Crippen LogP contribution is -2.15. The van der Waals surface area contributed by atoms with Crippen molar-refractivity contribution < 1.29 is 8.42 Å². The lowest BCUT2D eigenvalue weighted by Gasteiger charge is -2.08. The molecule has 7 nitrogen and oxygen atoms in total. The molecule has 0 fully saturated rings. The van der Waals surface area contributed by atoms with Gasteiger partial charge < -0.3 is 5.32 Å². The average molecular weight is 314 g/mol. The maximum atomic E-state index is 12.1. The molecule has 9 heteroatoms. The van der Waals surface area contributed by atoms with E-state index < -0.39 is 10.0 Å². The summed E-state index contributed by atoms with van der Waals surface area (Å²) in [5.41, 5.74) is 0.811. The number of nitrogens with one attached hydrogen (secondary N) is 2. The van der Waals surface area contributed by atoms with Crippen LogP contribution < -0.4 is 10.0 Å². The summed E-state index contributed by atoms with van der Waals surface area (Å²) in [6.45, 7) is 0.554. The van der Waals surface area contributed by atoms with E-state index in [9.17, 15) is 8.42 Å². The molecule has 0 aliphatic carbocycles. The van der Waals surface area contributed by atoms with Crippen molar-refractivity contribution in [3.05, 3.63) is 41.2 Å². The summed E-state index contributed by atoms with van der Waals surface area (Å²) in [5.74, 6) is -0.0945. The Hall–Kier alpha value is -1.77. The minimum Gasteiger partial charge on any atom is -0.316 e. The molecule has 0 amide bonds. The summed E-state index contributed by atoms with van der Waals surface area (Å²) in [5, 5.41) is 10.4. The molecular weight excluding hydrogens is 302 g/mol. The number of aromatic nitrogens is 3. The Balaban J connectivity index is 2.28. The third-order valence-electron chi connectivity index (χ3n) is 2.41. The Bertz CT molecular complexity index is 693. The van der Waals surface area contributed by atoms with Gasteiger partial charge in [0.05, 0.1) is 17.3 Å². The minimum absolute atomic E-state index is 0.0369. The smallest absolute Gasteiger partial charge is 0.264 e. The molecule has 0 radical (unpaired) electrons. The van der Waals surface area contributed by atoms with Gasteiger partial charge in [0.15, 0.2) is 0 Å². The van der Waals surface area contributed by atoms with Crippen LogP contribution in [0.3, 0.4) is 0 Å². The van der Waals surface area contributed by atoms with Crippen LogP contribution in [0.25, 0.3) is 0 Å². The molecule has 2 rings (SSSR count). The van der Waals surface area contributed by atoms with Gasteiger partial charge in [-0.15, -0.1) is 5.10 Å². The van der Waals surface area contributed by atoms with E-state index in [4.69, 9.17) is 11.6 Å². The quantitative estimate of drug-likeness (QED) is 0.856. The summed E-state index contributed by atoms with van der Waals surface area (Å²) in [4.78, 5) is 3.79. The fourth-order valence-corrected chi connectivity index (χ4v) is 2.79. The Morgan fingerprint density at radius 3 is 2.70 bits per heavy atom. The summed E-state index contributed by atoms with van der Waals surface area (Å²) in [7, 11) is -2.01. The van der Waals surface area contributed by atoms with E-state index >= 15 is 0 Å². The van der Waals surface area contributed by atoms with Gasteiger partial charge in [0.2, 0.25) is 0 Å². The molecule has 1 heterocycles. The van der Waals surface area contributed by atoms with Crippen LogP contribution in [0.4, 0.5) is 5.95 Å². The standard InChI is InChI=1S/C11H12ClN5O2S/c1-13-7-8-2-3-9(6-10(8)12)20(18,19)17-11-14-4-5-15-16-11/h2-6,13H,7H2,1H3,(H,14,16,17). The highest BCUT2D eigenvalue weighted by atomic mass is 35.5. The number of anilines is 1. The van der Waals surface area contributed by atoms with Crippen molar-refractivity contribution in [2.75, 3.05) is 11.8 Å². The average Bonchev–Trinajstić information content (AvgIpc) is 2.42. The van der Waals surface area contributed by atoms with E-state index in [1.54, 1.807) is 13.1 Å². The molecule has 0 atom stereocenters. The third kappa shape index (κ3) is 3.41. The first-order valence-corrected chi connectivity index (χ1v) is 7.48. The predicted octanol–water partition coefficient (Wildman–Crippen LogP) is 1.05. The van der Waals surface area contributed by atoms with Gasteiger partial charge in [-0.1, -0.05) is 17.7 Å². The van der Waals surface area contributed by atoms with Crippen LogP contribution >= 0.6 is 11.6 Å². The van der Waals surface area contributed by atoms with Gasteiger partial charge in [0.25, 0.3) is 16.0 Å². The van der Waals surface area contributed by atoms with E-state index in [0.29, 0.717) is 11.6 Å². The molecule has 20 heavy (non-hydrogen) atoms. The Kier molecular flexibility index (Phi) is 4.48. The molecule has 0 saturated carbocycles. The van der Waals surface area contributed by atoms with Crippen molar-refractivity contribution in [1.29, 1.82) is 0 Å². The van der Waals surface area contributed by atoms with E-state index in [-0.39, 0.29) is 10.8 Å². The van der Waals surface area contributed by atoms with Crippen LogP contribution in [0, 0.1) is 0 Å². The molecule has 2 N–H and O–H groups in total. The first-order valence-electron chi connectivity index (χ1n) is 5.62. The second-order valence-electron chi connectivity index (χ2n) is 3.86. The monoisotopic (exact) mass is 313 g/mol. The second kappa shape index (κ2) is 6.12.